The zero-order valence-electron chi connectivity index (χ0n) is 13.2. The predicted molar refractivity (Wildman–Crippen MR) is 83.2 cm³/mol. The van der Waals surface area contributed by atoms with E-state index in [9.17, 15) is 4.79 Å². The Labute approximate surface area is 127 Å². The van der Waals surface area contributed by atoms with Crippen molar-refractivity contribution in [3.8, 4) is 0 Å². The molecule has 0 radical (unpaired) electrons. The van der Waals surface area contributed by atoms with Gasteiger partial charge in [0.15, 0.2) is 0 Å². The molecule has 0 spiro atoms. The van der Waals surface area contributed by atoms with Crippen molar-refractivity contribution in [1.82, 2.24) is 10.2 Å². The van der Waals surface area contributed by atoms with E-state index in [0.29, 0.717) is 26.3 Å². The van der Waals surface area contributed by atoms with E-state index in [1.165, 1.54) is 5.56 Å². The van der Waals surface area contributed by atoms with Crippen LogP contribution in [0.25, 0.3) is 0 Å². The Morgan fingerprint density at radius 2 is 1.67 bits per heavy atom. The summed E-state index contributed by atoms with van der Waals surface area (Å²) in [5, 5.41) is 2.94. The van der Waals surface area contributed by atoms with Gasteiger partial charge in [-0.2, -0.15) is 0 Å². The van der Waals surface area contributed by atoms with Crippen LogP contribution in [0.1, 0.15) is 11.1 Å². The number of benzene rings is 1. The molecule has 0 unspecified atom stereocenters. The Hall–Kier alpha value is -1.43. The van der Waals surface area contributed by atoms with Crippen molar-refractivity contribution >= 4 is 5.91 Å². The molecule has 1 aromatic rings. The zero-order chi connectivity index (χ0) is 15.5. The van der Waals surface area contributed by atoms with Gasteiger partial charge >= 0.3 is 0 Å². The molecule has 1 amide bonds. The molecule has 0 saturated heterocycles. The van der Waals surface area contributed by atoms with E-state index in [4.69, 9.17) is 9.47 Å². The number of hydrogen-bond acceptors (Lipinski definition) is 4. The fourth-order valence-corrected chi connectivity index (χ4v) is 1.88. The SMILES string of the molecule is COCCN(CCOC)CC(=O)NCc1ccc(C)cc1. The zero-order valence-corrected chi connectivity index (χ0v) is 13.2. The van der Waals surface area contributed by atoms with Gasteiger partial charge in [0, 0.05) is 33.9 Å². The standard InChI is InChI=1S/C16H26N2O3/c1-14-4-6-15(7-5-14)12-17-16(19)13-18(8-10-20-2)9-11-21-3/h4-7H,8-13H2,1-3H3,(H,17,19). The van der Waals surface area contributed by atoms with Crippen LogP contribution in [-0.2, 0) is 20.8 Å². The Balaban J connectivity index is 2.36. The quantitative estimate of drug-likeness (QED) is 0.704. The molecule has 1 rings (SSSR count). The Morgan fingerprint density at radius 1 is 1.10 bits per heavy atom. The van der Waals surface area contributed by atoms with E-state index in [1.807, 2.05) is 36.1 Å². The molecule has 5 heteroatoms. The van der Waals surface area contributed by atoms with Crippen LogP contribution >= 0.6 is 0 Å². The van der Waals surface area contributed by atoms with Gasteiger partial charge in [-0.05, 0) is 12.5 Å². The summed E-state index contributed by atoms with van der Waals surface area (Å²) < 4.78 is 10.1. The van der Waals surface area contributed by atoms with Crippen molar-refractivity contribution in [2.24, 2.45) is 0 Å². The second kappa shape index (κ2) is 10.3. The molecule has 21 heavy (non-hydrogen) atoms. The summed E-state index contributed by atoms with van der Waals surface area (Å²) in [5.41, 5.74) is 2.32. The van der Waals surface area contributed by atoms with Gasteiger partial charge < -0.3 is 14.8 Å². The molecule has 118 valence electrons. The van der Waals surface area contributed by atoms with Crippen LogP contribution in [0.4, 0.5) is 0 Å². The van der Waals surface area contributed by atoms with Crippen LogP contribution < -0.4 is 5.32 Å². The second-order valence-electron chi connectivity index (χ2n) is 5.02. The van der Waals surface area contributed by atoms with E-state index < -0.39 is 0 Å². The summed E-state index contributed by atoms with van der Waals surface area (Å²) in [6.45, 7) is 5.62. The number of nitrogens with one attached hydrogen (secondary N) is 1. The lowest BCUT2D eigenvalue weighted by Crippen LogP contribution is -2.40. The van der Waals surface area contributed by atoms with E-state index in [0.717, 1.165) is 18.7 Å². The van der Waals surface area contributed by atoms with Crippen molar-refractivity contribution in [2.75, 3.05) is 47.1 Å². The van der Waals surface area contributed by atoms with Crippen molar-refractivity contribution in [3.63, 3.8) is 0 Å². The van der Waals surface area contributed by atoms with Gasteiger partial charge in [-0.1, -0.05) is 29.8 Å². The lowest BCUT2D eigenvalue weighted by molar-refractivity contribution is -0.122. The first kappa shape index (κ1) is 17.6. The molecular formula is C16H26N2O3. The molecule has 1 N–H and O–H groups in total. The highest BCUT2D eigenvalue weighted by atomic mass is 16.5. The highest BCUT2D eigenvalue weighted by Crippen LogP contribution is 2.02. The molecule has 0 aliphatic rings. The van der Waals surface area contributed by atoms with Crippen molar-refractivity contribution in [3.05, 3.63) is 35.4 Å². The number of carbonyl (C=O) groups excluding carboxylic acids is 1. The highest BCUT2D eigenvalue weighted by molar-refractivity contribution is 5.78. The van der Waals surface area contributed by atoms with Crippen LogP contribution in [0.5, 0.6) is 0 Å². The Bertz CT molecular complexity index is 398. The lowest BCUT2D eigenvalue weighted by atomic mass is 10.1. The van der Waals surface area contributed by atoms with Crippen LogP contribution in [0, 0.1) is 6.92 Å². The van der Waals surface area contributed by atoms with Gasteiger partial charge in [0.05, 0.1) is 19.8 Å². The monoisotopic (exact) mass is 294 g/mol. The fourth-order valence-electron chi connectivity index (χ4n) is 1.88. The topological polar surface area (TPSA) is 50.8 Å². The van der Waals surface area contributed by atoms with E-state index in [-0.39, 0.29) is 5.91 Å². The van der Waals surface area contributed by atoms with Gasteiger partial charge in [-0.3, -0.25) is 9.69 Å². The normalized spacial score (nSPS) is 10.9. The van der Waals surface area contributed by atoms with Crippen LogP contribution in [0.2, 0.25) is 0 Å². The maximum absolute atomic E-state index is 12.0. The number of rotatable bonds is 10. The summed E-state index contributed by atoms with van der Waals surface area (Å²) in [7, 11) is 3.32. The predicted octanol–water partition coefficient (Wildman–Crippen LogP) is 1.21. The van der Waals surface area contributed by atoms with Crippen molar-refractivity contribution < 1.29 is 14.3 Å². The van der Waals surface area contributed by atoms with E-state index >= 15 is 0 Å². The number of amides is 1. The van der Waals surface area contributed by atoms with E-state index in [1.54, 1.807) is 14.2 Å². The number of aryl methyl sites for hydroxylation is 1. The molecule has 0 saturated carbocycles. The van der Waals surface area contributed by atoms with Gasteiger partial charge in [0.25, 0.3) is 0 Å². The number of hydrogen-bond donors (Lipinski definition) is 1. The first-order valence-electron chi connectivity index (χ1n) is 7.18. The minimum Gasteiger partial charge on any atom is -0.383 e. The molecule has 0 aromatic heterocycles. The number of carbonyl (C=O) groups is 1. The van der Waals surface area contributed by atoms with Gasteiger partial charge in [0.1, 0.15) is 0 Å². The molecule has 0 aliphatic carbocycles. The average molecular weight is 294 g/mol. The first-order valence-corrected chi connectivity index (χ1v) is 7.18. The van der Waals surface area contributed by atoms with Crippen molar-refractivity contribution in [2.45, 2.75) is 13.5 Å². The Morgan fingerprint density at radius 3 is 2.19 bits per heavy atom. The molecule has 0 aliphatic heterocycles. The summed E-state index contributed by atoms with van der Waals surface area (Å²) in [6.07, 6.45) is 0. The Kier molecular flexibility index (Phi) is 8.66. The molecule has 0 fully saturated rings. The minimum atomic E-state index is 0.0165. The fraction of sp³-hybridized carbons (Fsp3) is 0.562. The first-order chi connectivity index (χ1) is 10.2. The molecule has 0 bridgehead atoms. The number of ether oxygens (including phenoxy) is 2. The maximum atomic E-state index is 12.0. The number of methoxy groups -OCH3 is 2. The number of nitrogens with zero attached hydrogens (tertiary/aromatic N) is 1. The van der Waals surface area contributed by atoms with Gasteiger partial charge in [0.2, 0.25) is 5.91 Å². The van der Waals surface area contributed by atoms with Crippen LogP contribution in [-0.4, -0.2) is 57.9 Å². The third kappa shape index (κ3) is 7.80. The third-order valence-electron chi connectivity index (χ3n) is 3.20. The van der Waals surface area contributed by atoms with Crippen molar-refractivity contribution in [1.29, 1.82) is 0 Å². The smallest absolute Gasteiger partial charge is 0.234 e. The van der Waals surface area contributed by atoms with Crippen LogP contribution in [0.15, 0.2) is 24.3 Å². The molecule has 0 atom stereocenters. The molecule has 0 heterocycles. The largest absolute Gasteiger partial charge is 0.383 e. The minimum absolute atomic E-state index is 0.0165. The van der Waals surface area contributed by atoms with Gasteiger partial charge in [-0.25, -0.2) is 0 Å². The lowest BCUT2D eigenvalue weighted by Gasteiger charge is -2.20. The van der Waals surface area contributed by atoms with Crippen LogP contribution in [0.3, 0.4) is 0 Å². The van der Waals surface area contributed by atoms with E-state index in [2.05, 4.69) is 5.32 Å². The maximum Gasteiger partial charge on any atom is 0.234 e. The average Bonchev–Trinajstić information content (AvgIpc) is 2.49. The third-order valence-corrected chi connectivity index (χ3v) is 3.20. The highest BCUT2D eigenvalue weighted by Gasteiger charge is 2.10. The summed E-state index contributed by atoms with van der Waals surface area (Å²) in [5.74, 6) is 0.0165. The molecular weight excluding hydrogens is 268 g/mol. The second-order valence-corrected chi connectivity index (χ2v) is 5.02. The molecule has 1 aromatic carbocycles. The summed E-state index contributed by atoms with van der Waals surface area (Å²) in [4.78, 5) is 14.0. The molecule has 5 nitrogen and oxygen atoms in total. The van der Waals surface area contributed by atoms with Gasteiger partial charge in [-0.15, -0.1) is 0 Å². The summed E-state index contributed by atoms with van der Waals surface area (Å²) >= 11 is 0. The summed E-state index contributed by atoms with van der Waals surface area (Å²) in [6, 6.07) is 8.16.